The van der Waals surface area contributed by atoms with E-state index >= 15 is 0 Å². The maximum atomic E-state index is 13.0. The van der Waals surface area contributed by atoms with E-state index in [0.29, 0.717) is 35.2 Å². The molecule has 0 aliphatic heterocycles. The zero-order valence-corrected chi connectivity index (χ0v) is 19.0. The maximum absolute atomic E-state index is 13.0. The third-order valence-corrected chi connectivity index (χ3v) is 4.86. The predicted octanol–water partition coefficient (Wildman–Crippen LogP) is 4.60. The highest BCUT2D eigenvalue weighted by atomic mass is 35.5. The van der Waals surface area contributed by atoms with Crippen LogP contribution < -0.4 is 9.47 Å². The quantitative estimate of drug-likeness (QED) is 0.395. The highest BCUT2D eigenvalue weighted by Crippen LogP contribution is 2.36. The number of hydrogen-bond acceptors (Lipinski definition) is 5. The molecule has 0 saturated heterocycles. The van der Waals surface area contributed by atoms with E-state index in [1.807, 2.05) is 37.3 Å². The number of halogens is 1. The van der Waals surface area contributed by atoms with Gasteiger partial charge in [-0.25, -0.2) is 0 Å². The fourth-order valence-electron chi connectivity index (χ4n) is 3.06. The molecule has 6 nitrogen and oxygen atoms in total. The Kier molecular flexibility index (Phi) is 9.40. The summed E-state index contributed by atoms with van der Waals surface area (Å²) in [5.74, 6) is -0.0941. The molecule has 0 aromatic heterocycles. The van der Waals surface area contributed by atoms with Crippen molar-refractivity contribution in [1.29, 1.82) is 0 Å². The van der Waals surface area contributed by atoms with E-state index in [9.17, 15) is 9.59 Å². The highest BCUT2D eigenvalue weighted by molar-refractivity contribution is 6.32. The van der Waals surface area contributed by atoms with Gasteiger partial charge in [-0.1, -0.05) is 48.9 Å². The van der Waals surface area contributed by atoms with Crippen molar-refractivity contribution in [2.45, 2.75) is 20.4 Å². The number of hydrogen-bond donors (Lipinski definition) is 0. The van der Waals surface area contributed by atoms with E-state index in [-0.39, 0.29) is 18.4 Å². The summed E-state index contributed by atoms with van der Waals surface area (Å²) in [5, 5.41) is 0.390. The number of methoxy groups -OCH3 is 2. The van der Waals surface area contributed by atoms with Crippen LogP contribution in [-0.4, -0.2) is 44.1 Å². The average molecular weight is 446 g/mol. The number of esters is 1. The molecule has 1 amide bonds. The summed E-state index contributed by atoms with van der Waals surface area (Å²) < 4.78 is 15.7. The van der Waals surface area contributed by atoms with Gasteiger partial charge in [-0.2, -0.15) is 0 Å². The third-order valence-electron chi connectivity index (χ3n) is 4.58. The summed E-state index contributed by atoms with van der Waals surface area (Å²) in [6.45, 7) is 4.66. The fourth-order valence-corrected chi connectivity index (χ4v) is 3.36. The second-order valence-corrected chi connectivity index (χ2v) is 7.34. The van der Waals surface area contributed by atoms with Crippen molar-refractivity contribution >= 4 is 29.6 Å². The van der Waals surface area contributed by atoms with Crippen LogP contribution in [0.2, 0.25) is 5.02 Å². The van der Waals surface area contributed by atoms with Gasteiger partial charge in [0.05, 0.1) is 31.8 Å². The lowest BCUT2D eigenvalue weighted by atomic mass is 10.1. The smallest absolute Gasteiger partial charge is 0.310 e. The molecule has 0 bridgehead atoms. The van der Waals surface area contributed by atoms with Gasteiger partial charge in [-0.3, -0.25) is 9.59 Å². The SMILES string of the molecule is CCOc1cc(/C=C/C(=O)N(Cc2ccccc2)CC(C)C(=O)OC)cc(Cl)c1OC. The number of ether oxygens (including phenoxy) is 3. The molecule has 2 rings (SSSR count). The summed E-state index contributed by atoms with van der Waals surface area (Å²) in [6.07, 6.45) is 3.12. The Morgan fingerprint density at radius 1 is 1.16 bits per heavy atom. The van der Waals surface area contributed by atoms with Crippen LogP contribution in [0.5, 0.6) is 11.5 Å². The molecule has 2 aromatic carbocycles. The number of nitrogens with zero attached hydrogens (tertiary/aromatic N) is 1. The molecule has 0 saturated carbocycles. The molecule has 0 spiro atoms. The topological polar surface area (TPSA) is 65.1 Å². The molecule has 166 valence electrons. The van der Waals surface area contributed by atoms with Crippen LogP contribution >= 0.6 is 11.6 Å². The first-order valence-electron chi connectivity index (χ1n) is 9.98. The molecule has 0 fully saturated rings. The van der Waals surface area contributed by atoms with Gasteiger partial charge in [0.1, 0.15) is 0 Å². The molecule has 31 heavy (non-hydrogen) atoms. The van der Waals surface area contributed by atoms with Crippen molar-refractivity contribution in [3.63, 3.8) is 0 Å². The normalized spacial score (nSPS) is 11.8. The molecule has 0 aliphatic rings. The molecule has 0 aliphatic carbocycles. The van der Waals surface area contributed by atoms with Crippen molar-refractivity contribution in [2.75, 3.05) is 27.4 Å². The Labute approximate surface area is 188 Å². The summed E-state index contributed by atoms with van der Waals surface area (Å²) >= 11 is 6.29. The minimum absolute atomic E-state index is 0.232. The lowest BCUT2D eigenvalue weighted by Gasteiger charge is -2.24. The Hall–Kier alpha value is -2.99. The van der Waals surface area contributed by atoms with Crippen LogP contribution in [0.1, 0.15) is 25.0 Å². The molecule has 0 N–H and O–H groups in total. The molecule has 2 aromatic rings. The van der Waals surface area contributed by atoms with Crippen LogP contribution in [0.15, 0.2) is 48.5 Å². The van der Waals surface area contributed by atoms with Gasteiger partial charge in [0.2, 0.25) is 5.91 Å². The second kappa shape index (κ2) is 12.0. The van der Waals surface area contributed by atoms with Crippen LogP contribution in [0.3, 0.4) is 0 Å². The first-order valence-corrected chi connectivity index (χ1v) is 10.4. The number of rotatable bonds is 10. The number of carbonyl (C=O) groups excluding carboxylic acids is 2. The van der Waals surface area contributed by atoms with Crippen molar-refractivity contribution < 1.29 is 23.8 Å². The largest absolute Gasteiger partial charge is 0.491 e. The molecular formula is C24H28ClNO5. The number of amides is 1. The van der Waals surface area contributed by atoms with E-state index in [4.69, 9.17) is 25.8 Å². The van der Waals surface area contributed by atoms with Crippen LogP contribution in [0.4, 0.5) is 0 Å². The minimum atomic E-state index is -0.453. The minimum Gasteiger partial charge on any atom is -0.491 e. The Balaban J connectivity index is 2.25. The van der Waals surface area contributed by atoms with Gasteiger partial charge in [0.25, 0.3) is 0 Å². The monoisotopic (exact) mass is 445 g/mol. The lowest BCUT2D eigenvalue weighted by molar-refractivity contribution is -0.146. The zero-order valence-electron chi connectivity index (χ0n) is 18.3. The fraction of sp³-hybridized carbons (Fsp3) is 0.333. The summed E-state index contributed by atoms with van der Waals surface area (Å²) in [7, 11) is 2.86. The molecule has 0 heterocycles. The summed E-state index contributed by atoms with van der Waals surface area (Å²) in [6, 6.07) is 13.1. The van der Waals surface area contributed by atoms with Crippen LogP contribution in [0.25, 0.3) is 6.08 Å². The molecule has 0 radical (unpaired) electrons. The Morgan fingerprint density at radius 3 is 2.48 bits per heavy atom. The Morgan fingerprint density at radius 2 is 1.87 bits per heavy atom. The predicted molar refractivity (Wildman–Crippen MR) is 121 cm³/mol. The van der Waals surface area contributed by atoms with Gasteiger partial charge < -0.3 is 19.1 Å². The van der Waals surface area contributed by atoms with E-state index in [1.165, 1.54) is 20.3 Å². The summed E-state index contributed by atoms with van der Waals surface area (Å²) in [5.41, 5.74) is 1.66. The van der Waals surface area contributed by atoms with Crippen molar-refractivity contribution in [3.8, 4) is 11.5 Å². The van der Waals surface area contributed by atoms with Gasteiger partial charge in [-0.05, 0) is 36.3 Å². The average Bonchev–Trinajstić information content (AvgIpc) is 2.77. The van der Waals surface area contributed by atoms with Crippen molar-refractivity contribution in [1.82, 2.24) is 4.90 Å². The highest BCUT2D eigenvalue weighted by Gasteiger charge is 2.20. The standard InChI is InChI=1S/C24H28ClNO5/c1-5-31-21-14-19(13-20(25)23(21)29-3)11-12-22(27)26(15-17(2)24(28)30-4)16-18-9-7-6-8-10-18/h6-14,17H,5,15-16H2,1-4H3/b12-11+. The number of carbonyl (C=O) groups is 2. The molecule has 1 unspecified atom stereocenters. The van der Waals surface area contributed by atoms with E-state index in [1.54, 1.807) is 30.0 Å². The first kappa shape index (κ1) is 24.3. The first-order chi connectivity index (χ1) is 14.9. The van der Waals surface area contributed by atoms with Gasteiger partial charge in [0.15, 0.2) is 11.5 Å². The zero-order chi connectivity index (χ0) is 22.8. The van der Waals surface area contributed by atoms with Crippen molar-refractivity contribution in [2.24, 2.45) is 5.92 Å². The maximum Gasteiger partial charge on any atom is 0.310 e. The van der Waals surface area contributed by atoms with E-state index < -0.39 is 5.92 Å². The lowest BCUT2D eigenvalue weighted by Crippen LogP contribution is -2.35. The molecule has 7 heteroatoms. The molecule has 1 atom stereocenters. The summed E-state index contributed by atoms with van der Waals surface area (Å²) in [4.78, 5) is 26.5. The van der Waals surface area contributed by atoms with E-state index in [0.717, 1.165) is 5.56 Å². The third kappa shape index (κ3) is 7.03. The van der Waals surface area contributed by atoms with Crippen LogP contribution in [0, 0.1) is 5.92 Å². The van der Waals surface area contributed by atoms with Crippen LogP contribution in [-0.2, 0) is 20.9 Å². The Bertz CT molecular complexity index is 914. The second-order valence-electron chi connectivity index (χ2n) is 6.93. The van der Waals surface area contributed by atoms with Gasteiger partial charge >= 0.3 is 5.97 Å². The van der Waals surface area contributed by atoms with Crippen molar-refractivity contribution in [3.05, 3.63) is 64.7 Å². The molecular weight excluding hydrogens is 418 g/mol. The van der Waals surface area contributed by atoms with Gasteiger partial charge in [0, 0.05) is 19.2 Å². The number of benzene rings is 2. The van der Waals surface area contributed by atoms with Gasteiger partial charge in [-0.15, -0.1) is 0 Å². The van der Waals surface area contributed by atoms with E-state index in [2.05, 4.69) is 0 Å².